The Morgan fingerprint density at radius 2 is 2.47 bits per heavy atom. The summed E-state index contributed by atoms with van der Waals surface area (Å²) in [6, 6.07) is 4.63. The minimum atomic E-state index is 0.390. The molecule has 0 spiro atoms. The van der Waals surface area contributed by atoms with Gasteiger partial charge in [0.15, 0.2) is 0 Å². The zero-order valence-electron chi connectivity index (χ0n) is 8.97. The molecule has 1 N–H and O–H groups in total. The van der Waals surface area contributed by atoms with Gasteiger partial charge in [-0.05, 0) is 18.4 Å². The lowest BCUT2D eigenvalue weighted by atomic mass is 10.3. The minimum Gasteiger partial charge on any atom is -0.337 e. The van der Waals surface area contributed by atoms with Crippen LogP contribution in [0.25, 0.3) is 0 Å². The molecule has 0 saturated heterocycles. The zero-order chi connectivity index (χ0) is 10.7. The molecule has 0 fully saturated rings. The van der Waals surface area contributed by atoms with E-state index in [0.29, 0.717) is 6.04 Å². The summed E-state index contributed by atoms with van der Waals surface area (Å²) in [6.45, 7) is 2.98. The van der Waals surface area contributed by atoms with Crippen molar-refractivity contribution in [3.8, 4) is 0 Å². The van der Waals surface area contributed by atoms with Crippen molar-refractivity contribution in [1.82, 2.24) is 14.9 Å². The van der Waals surface area contributed by atoms with E-state index < -0.39 is 0 Å². The largest absolute Gasteiger partial charge is 0.337 e. The molecule has 0 aliphatic rings. The molecule has 15 heavy (non-hydrogen) atoms. The predicted molar refractivity (Wildman–Crippen MR) is 62.8 cm³/mol. The molecule has 3 nitrogen and oxygen atoms in total. The molecule has 2 aromatic rings. The quantitative estimate of drug-likeness (QED) is 0.858. The molecule has 0 amide bonds. The van der Waals surface area contributed by atoms with E-state index in [2.05, 4.69) is 34.7 Å². The monoisotopic (exact) mass is 221 g/mol. The average Bonchev–Trinajstić information content (AvgIpc) is 2.85. The molecular formula is C11H15N3S. The fourth-order valence-corrected chi connectivity index (χ4v) is 2.21. The molecule has 0 radical (unpaired) electrons. The summed E-state index contributed by atoms with van der Waals surface area (Å²) in [5, 5.41) is 5.56. The second-order valence-corrected chi connectivity index (χ2v) is 4.55. The highest BCUT2D eigenvalue weighted by Gasteiger charge is 2.06. The van der Waals surface area contributed by atoms with Gasteiger partial charge >= 0.3 is 0 Å². The third-order valence-corrected chi connectivity index (χ3v) is 3.51. The maximum absolute atomic E-state index is 4.27. The number of nitrogens with zero attached hydrogens (tertiary/aromatic N) is 2. The van der Waals surface area contributed by atoms with Crippen LogP contribution in [0.3, 0.4) is 0 Å². The van der Waals surface area contributed by atoms with E-state index in [-0.39, 0.29) is 0 Å². The first-order valence-corrected chi connectivity index (χ1v) is 5.88. The van der Waals surface area contributed by atoms with Crippen LogP contribution in [0.15, 0.2) is 29.9 Å². The topological polar surface area (TPSA) is 29.9 Å². The number of thiophene rings is 1. The van der Waals surface area contributed by atoms with Gasteiger partial charge in [0.05, 0.1) is 6.54 Å². The van der Waals surface area contributed by atoms with Gasteiger partial charge in [0.1, 0.15) is 5.82 Å². The Morgan fingerprint density at radius 1 is 1.60 bits per heavy atom. The normalized spacial score (nSPS) is 12.9. The Kier molecular flexibility index (Phi) is 3.18. The minimum absolute atomic E-state index is 0.390. The number of rotatable bonds is 4. The smallest absolute Gasteiger partial charge is 0.122 e. The van der Waals surface area contributed by atoms with E-state index in [0.717, 1.165) is 12.4 Å². The highest BCUT2D eigenvalue weighted by atomic mass is 32.1. The number of nitrogens with one attached hydrogen (secondary N) is 1. The summed E-state index contributed by atoms with van der Waals surface area (Å²) in [5.74, 6) is 1.07. The summed E-state index contributed by atoms with van der Waals surface area (Å²) in [5.41, 5.74) is 0. The fraction of sp³-hybridized carbons (Fsp3) is 0.364. The molecular weight excluding hydrogens is 206 g/mol. The van der Waals surface area contributed by atoms with Crippen LogP contribution in [0.5, 0.6) is 0 Å². The molecule has 80 valence electrons. The van der Waals surface area contributed by atoms with E-state index in [1.54, 1.807) is 11.3 Å². The molecule has 0 bridgehead atoms. The summed E-state index contributed by atoms with van der Waals surface area (Å²) >= 11 is 1.78. The number of hydrogen-bond donors (Lipinski definition) is 1. The van der Waals surface area contributed by atoms with Crippen LogP contribution in [-0.2, 0) is 13.6 Å². The second-order valence-electron chi connectivity index (χ2n) is 3.57. The first-order chi connectivity index (χ1) is 7.27. The molecule has 1 atom stereocenters. The summed E-state index contributed by atoms with van der Waals surface area (Å²) in [7, 11) is 2.01. The van der Waals surface area contributed by atoms with E-state index in [9.17, 15) is 0 Å². The predicted octanol–water partition coefficient (Wildman–Crippen LogP) is 2.33. The van der Waals surface area contributed by atoms with Crippen LogP contribution in [0.4, 0.5) is 0 Å². The second kappa shape index (κ2) is 4.59. The van der Waals surface area contributed by atoms with Crippen molar-refractivity contribution < 1.29 is 0 Å². The van der Waals surface area contributed by atoms with Crippen molar-refractivity contribution in [3.05, 3.63) is 40.6 Å². The van der Waals surface area contributed by atoms with Crippen molar-refractivity contribution in [2.24, 2.45) is 7.05 Å². The van der Waals surface area contributed by atoms with Crippen LogP contribution >= 0.6 is 11.3 Å². The summed E-state index contributed by atoms with van der Waals surface area (Å²) in [4.78, 5) is 5.64. The van der Waals surface area contributed by atoms with E-state index in [1.165, 1.54) is 4.88 Å². The van der Waals surface area contributed by atoms with Gasteiger partial charge in [-0.3, -0.25) is 0 Å². The van der Waals surface area contributed by atoms with Gasteiger partial charge in [0.25, 0.3) is 0 Å². The lowest BCUT2D eigenvalue weighted by molar-refractivity contribution is 0.556. The summed E-state index contributed by atoms with van der Waals surface area (Å²) < 4.78 is 2.04. The third kappa shape index (κ3) is 2.46. The van der Waals surface area contributed by atoms with Crippen LogP contribution in [-0.4, -0.2) is 9.55 Å². The first kappa shape index (κ1) is 10.4. The molecule has 2 rings (SSSR count). The van der Waals surface area contributed by atoms with Gasteiger partial charge in [0.2, 0.25) is 0 Å². The Hall–Kier alpha value is -1.13. The first-order valence-electron chi connectivity index (χ1n) is 5.00. The molecule has 2 aromatic heterocycles. The molecule has 1 unspecified atom stereocenters. The van der Waals surface area contributed by atoms with Crippen molar-refractivity contribution in [1.29, 1.82) is 0 Å². The van der Waals surface area contributed by atoms with Crippen molar-refractivity contribution in [3.63, 3.8) is 0 Å². The van der Waals surface area contributed by atoms with E-state index in [4.69, 9.17) is 0 Å². The van der Waals surface area contributed by atoms with Crippen LogP contribution in [0.1, 0.15) is 23.7 Å². The molecule has 0 aliphatic carbocycles. The van der Waals surface area contributed by atoms with Crippen LogP contribution < -0.4 is 5.32 Å². The lowest BCUT2D eigenvalue weighted by Crippen LogP contribution is -2.19. The molecule has 0 aromatic carbocycles. The van der Waals surface area contributed by atoms with Crippen molar-refractivity contribution in [2.45, 2.75) is 19.5 Å². The lowest BCUT2D eigenvalue weighted by Gasteiger charge is -2.11. The van der Waals surface area contributed by atoms with Gasteiger partial charge in [-0.2, -0.15) is 0 Å². The highest BCUT2D eigenvalue weighted by Crippen LogP contribution is 2.18. The van der Waals surface area contributed by atoms with Gasteiger partial charge in [-0.1, -0.05) is 6.07 Å². The Balaban J connectivity index is 1.91. The Morgan fingerprint density at radius 3 is 3.07 bits per heavy atom. The zero-order valence-corrected chi connectivity index (χ0v) is 9.79. The van der Waals surface area contributed by atoms with Gasteiger partial charge in [0, 0.05) is 30.4 Å². The van der Waals surface area contributed by atoms with Crippen LogP contribution in [0, 0.1) is 0 Å². The van der Waals surface area contributed by atoms with Gasteiger partial charge < -0.3 is 9.88 Å². The van der Waals surface area contributed by atoms with Gasteiger partial charge in [-0.15, -0.1) is 11.3 Å². The van der Waals surface area contributed by atoms with E-state index >= 15 is 0 Å². The maximum atomic E-state index is 4.27. The number of hydrogen-bond acceptors (Lipinski definition) is 3. The van der Waals surface area contributed by atoms with E-state index in [1.807, 2.05) is 24.0 Å². The van der Waals surface area contributed by atoms with Crippen molar-refractivity contribution in [2.75, 3.05) is 0 Å². The number of aryl methyl sites for hydroxylation is 1. The fourth-order valence-electron chi connectivity index (χ4n) is 1.45. The molecule has 2 heterocycles. The standard InChI is InChI=1S/C11H15N3S/c1-9(10-4-3-7-15-10)13-8-11-12-5-6-14(11)2/h3-7,9,13H,8H2,1-2H3. The highest BCUT2D eigenvalue weighted by molar-refractivity contribution is 7.10. The Bertz CT molecular complexity index is 405. The number of aromatic nitrogens is 2. The Labute approximate surface area is 93.8 Å². The van der Waals surface area contributed by atoms with Crippen molar-refractivity contribution >= 4 is 11.3 Å². The molecule has 0 aliphatic heterocycles. The third-order valence-electron chi connectivity index (χ3n) is 2.46. The maximum Gasteiger partial charge on any atom is 0.122 e. The average molecular weight is 221 g/mol. The molecule has 0 saturated carbocycles. The van der Waals surface area contributed by atoms with Crippen LogP contribution in [0.2, 0.25) is 0 Å². The number of imidazole rings is 1. The summed E-state index contributed by atoms with van der Waals surface area (Å²) in [6.07, 6.45) is 3.79. The molecule has 4 heteroatoms. The SMILES string of the molecule is CC(NCc1nccn1C)c1cccs1. The van der Waals surface area contributed by atoms with Gasteiger partial charge in [-0.25, -0.2) is 4.98 Å².